The van der Waals surface area contributed by atoms with E-state index in [9.17, 15) is 4.79 Å². The minimum atomic E-state index is 0.316. The van der Waals surface area contributed by atoms with Crippen molar-refractivity contribution >= 4 is 33.3 Å². The highest BCUT2D eigenvalue weighted by Gasteiger charge is 2.34. The topological polar surface area (TPSA) is 49.3 Å². The van der Waals surface area contributed by atoms with Crippen molar-refractivity contribution in [3.63, 3.8) is 0 Å². The van der Waals surface area contributed by atoms with Crippen LogP contribution in [0.25, 0.3) is 10.2 Å². The molecule has 23 heavy (non-hydrogen) atoms. The molecule has 1 aliphatic heterocycles. The van der Waals surface area contributed by atoms with Crippen molar-refractivity contribution in [3.8, 4) is 0 Å². The summed E-state index contributed by atoms with van der Waals surface area (Å²) >= 11 is 1.76. The molecule has 2 aliphatic rings. The van der Waals surface area contributed by atoms with Gasteiger partial charge in [-0.3, -0.25) is 4.79 Å². The van der Waals surface area contributed by atoms with Crippen LogP contribution in [-0.4, -0.2) is 47.0 Å². The van der Waals surface area contributed by atoms with Gasteiger partial charge in [0.2, 0.25) is 5.91 Å². The van der Waals surface area contributed by atoms with Crippen LogP contribution in [0.15, 0.2) is 12.4 Å². The molecule has 4 rings (SSSR count). The van der Waals surface area contributed by atoms with Gasteiger partial charge in [-0.05, 0) is 31.7 Å². The molecule has 1 amide bonds. The standard InChI is InChI=1S/C17H22N4OS/c1-2-13-10-14-15(18-11-19-16(14)23-13)20-6-3-7-21(9-8-20)17(22)12-4-5-12/h10-12H,2-9H2,1H3. The van der Waals surface area contributed by atoms with Gasteiger partial charge in [0.15, 0.2) is 0 Å². The molecule has 3 heterocycles. The number of carbonyl (C=O) groups excluding carboxylic acids is 1. The average molecular weight is 330 g/mol. The van der Waals surface area contributed by atoms with Gasteiger partial charge in [-0.2, -0.15) is 0 Å². The van der Waals surface area contributed by atoms with Gasteiger partial charge in [-0.25, -0.2) is 9.97 Å². The summed E-state index contributed by atoms with van der Waals surface area (Å²) in [7, 11) is 0. The summed E-state index contributed by atoms with van der Waals surface area (Å²) in [5.41, 5.74) is 0. The first-order chi connectivity index (χ1) is 11.3. The largest absolute Gasteiger partial charge is 0.354 e. The van der Waals surface area contributed by atoms with Crippen molar-refractivity contribution in [2.24, 2.45) is 5.92 Å². The Bertz CT molecular complexity index is 724. The highest BCUT2D eigenvalue weighted by molar-refractivity contribution is 7.18. The van der Waals surface area contributed by atoms with E-state index in [0.29, 0.717) is 11.8 Å². The molecular weight excluding hydrogens is 308 g/mol. The van der Waals surface area contributed by atoms with Gasteiger partial charge in [0.25, 0.3) is 0 Å². The molecule has 0 unspecified atom stereocenters. The van der Waals surface area contributed by atoms with Crippen LogP contribution < -0.4 is 4.90 Å². The lowest BCUT2D eigenvalue weighted by Gasteiger charge is -2.23. The van der Waals surface area contributed by atoms with Crippen LogP contribution in [0.2, 0.25) is 0 Å². The Morgan fingerprint density at radius 2 is 2.13 bits per heavy atom. The van der Waals surface area contributed by atoms with Gasteiger partial charge in [0.05, 0.1) is 5.39 Å². The number of carbonyl (C=O) groups is 1. The first kappa shape index (κ1) is 14.9. The third kappa shape index (κ3) is 2.92. The summed E-state index contributed by atoms with van der Waals surface area (Å²) < 4.78 is 0. The molecule has 1 aliphatic carbocycles. The maximum Gasteiger partial charge on any atom is 0.225 e. The van der Waals surface area contributed by atoms with Gasteiger partial charge >= 0.3 is 0 Å². The minimum Gasteiger partial charge on any atom is -0.354 e. The smallest absolute Gasteiger partial charge is 0.225 e. The van der Waals surface area contributed by atoms with Crippen LogP contribution in [0.1, 0.15) is 31.1 Å². The molecule has 2 fully saturated rings. The lowest BCUT2D eigenvalue weighted by Crippen LogP contribution is -2.36. The second-order valence-corrected chi connectivity index (χ2v) is 7.54. The average Bonchev–Trinajstić information content (AvgIpc) is 3.36. The number of hydrogen-bond donors (Lipinski definition) is 0. The number of aromatic nitrogens is 2. The minimum absolute atomic E-state index is 0.316. The SMILES string of the molecule is CCc1cc2c(N3CCCN(C(=O)C4CC4)CC3)ncnc2s1. The number of thiophene rings is 1. The number of aryl methyl sites for hydroxylation is 1. The molecule has 1 saturated heterocycles. The van der Waals surface area contributed by atoms with Crippen LogP contribution in [0.4, 0.5) is 5.82 Å². The third-order valence-electron chi connectivity index (χ3n) is 4.74. The predicted molar refractivity (Wildman–Crippen MR) is 92.9 cm³/mol. The molecule has 1 saturated carbocycles. The maximum atomic E-state index is 12.3. The van der Waals surface area contributed by atoms with Crippen LogP contribution in [0, 0.1) is 5.92 Å². The van der Waals surface area contributed by atoms with E-state index in [1.165, 1.54) is 4.88 Å². The van der Waals surface area contributed by atoms with Crippen molar-refractivity contribution in [2.45, 2.75) is 32.6 Å². The van der Waals surface area contributed by atoms with Gasteiger partial charge in [-0.15, -0.1) is 11.3 Å². The van der Waals surface area contributed by atoms with Crippen molar-refractivity contribution in [3.05, 3.63) is 17.3 Å². The molecule has 2 aromatic heterocycles. The Morgan fingerprint density at radius 3 is 2.91 bits per heavy atom. The molecule has 0 bridgehead atoms. The number of fused-ring (bicyclic) bond motifs is 1. The fraction of sp³-hybridized carbons (Fsp3) is 0.588. The van der Waals surface area contributed by atoms with Crippen LogP contribution in [0.3, 0.4) is 0 Å². The molecule has 0 N–H and O–H groups in total. The second kappa shape index (κ2) is 6.07. The van der Waals surface area contributed by atoms with E-state index in [1.807, 2.05) is 0 Å². The summed E-state index contributed by atoms with van der Waals surface area (Å²) in [5.74, 6) is 1.71. The van der Waals surface area contributed by atoms with E-state index in [0.717, 1.165) is 67.9 Å². The molecule has 6 heteroatoms. The number of anilines is 1. The maximum absolute atomic E-state index is 12.3. The molecule has 0 atom stereocenters. The van der Waals surface area contributed by atoms with Gasteiger partial charge in [0.1, 0.15) is 17.0 Å². The Kier molecular flexibility index (Phi) is 3.93. The molecule has 0 aromatic carbocycles. The second-order valence-electron chi connectivity index (χ2n) is 6.42. The Morgan fingerprint density at radius 1 is 1.26 bits per heavy atom. The lowest BCUT2D eigenvalue weighted by molar-refractivity contribution is -0.132. The fourth-order valence-electron chi connectivity index (χ4n) is 3.26. The monoisotopic (exact) mass is 330 g/mol. The number of rotatable bonds is 3. The predicted octanol–water partition coefficient (Wildman–Crippen LogP) is 2.70. The van der Waals surface area contributed by atoms with E-state index in [4.69, 9.17) is 0 Å². The fourth-order valence-corrected chi connectivity index (χ4v) is 4.19. The van der Waals surface area contributed by atoms with Crippen LogP contribution >= 0.6 is 11.3 Å². The summed E-state index contributed by atoms with van der Waals surface area (Å²) in [5, 5.41) is 1.16. The van der Waals surface area contributed by atoms with Crippen molar-refractivity contribution in [2.75, 3.05) is 31.1 Å². The Labute approximate surface area is 140 Å². The molecule has 0 radical (unpaired) electrons. The molecule has 0 spiro atoms. The molecule has 122 valence electrons. The zero-order chi connectivity index (χ0) is 15.8. The van der Waals surface area contributed by atoms with E-state index in [2.05, 4.69) is 32.8 Å². The molecule has 2 aromatic rings. The van der Waals surface area contributed by atoms with Crippen molar-refractivity contribution in [1.82, 2.24) is 14.9 Å². The number of nitrogens with zero attached hydrogens (tertiary/aromatic N) is 4. The van der Waals surface area contributed by atoms with Crippen LogP contribution in [0.5, 0.6) is 0 Å². The zero-order valence-corrected chi connectivity index (χ0v) is 14.3. The highest BCUT2D eigenvalue weighted by atomic mass is 32.1. The third-order valence-corrected chi connectivity index (χ3v) is 5.93. The molecule has 5 nitrogen and oxygen atoms in total. The highest BCUT2D eigenvalue weighted by Crippen LogP contribution is 2.33. The first-order valence-electron chi connectivity index (χ1n) is 8.53. The number of hydrogen-bond acceptors (Lipinski definition) is 5. The van der Waals surface area contributed by atoms with E-state index >= 15 is 0 Å². The molecular formula is C17H22N4OS. The van der Waals surface area contributed by atoms with E-state index in [1.54, 1.807) is 17.7 Å². The van der Waals surface area contributed by atoms with Gasteiger partial charge in [0, 0.05) is 37.0 Å². The Hall–Kier alpha value is -1.69. The first-order valence-corrected chi connectivity index (χ1v) is 9.35. The van der Waals surface area contributed by atoms with Gasteiger partial charge in [-0.1, -0.05) is 6.92 Å². The zero-order valence-electron chi connectivity index (χ0n) is 13.5. The summed E-state index contributed by atoms with van der Waals surface area (Å²) in [4.78, 5) is 28.1. The van der Waals surface area contributed by atoms with Crippen molar-refractivity contribution in [1.29, 1.82) is 0 Å². The van der Waals surface area contributed by atoms with E-state index < -0.39 is 0 Å². The Balaban J connectivity index is 1.56. The van der Waals surface area contributed by atoms with Crippen LogP contribution in [-0.2, 0) is 11.2 Å². The summed E-state index contributed by atoms with van der Waals surface area (Å²) in [6, 6.07) is 2.23. The normalized spacial score (nSPS) is 19.2. The summed E-state index contributed by atoms with van der Waals surface area (Å²) in [6.07, 6.45) is 5.88. The summed E-state index contributed by atoms with van der Waals surface area (Å²) in [6.45, 7) is 5.68. The van der Waals surface area contributed by atoms with E-state index in [-0.39, 0.29) is 0 Å². The van der Waals surface area contributed by atoms with Gasteiger partial charge < -0.3 is 9.80 Å². The van der Waals surface area contributed by atoms with Crippen molar-refractivity contribution < 1.29 is 4.79 Å². The lowest BCUT2D eigenvalue weighted by atomic mass is 10.3. The quantitative estimate of drug-likeness (QED) is 0.868. The number of amides is 1.